The normalized spacial score (nSPS) is 20.1. The lowest BCUT2D eigenvalue weighted by Gasteiger charge is -2.24. The van der Waals surface area contributed by atoms with E-state index in [0.29, 0.717) is 38.9 Å². The Kier molecular flexibility index (Phi) is 2.93. The molecule has 1 heterocycles. The second-order valence-electron chi connectivity index (χ2n) is 3.05. The third-order valence-electron chi connectivity index (χ3n) is 2.13. The summed E-state index contributed by atoms with van der Waals surface area (Å²) in [6.45, 7) is 0.464. The first kappa shape index (κ1) is 10.6. The van der Waals surface area contributed by atoms with Crippen LogP contribution in [0.4, 0.5) is 0 Å². The molecule has 1 aliphatic heterocycles. The largest absolute Gasteiger partial charge is 0.491 e. The van der Waals surface area contributed by atoms with Gasteiger partial charge in [-0.3, -0.25) is 0 Å². The van der Waals surface area contributed by atoms with Crippen LogP contribution in [0.25, 0.3) is 0 Å². The molecule has 0 saturated heterocycles. The smallest absolute Gasteiger partial charge is 0.145 e. The summed E-state index contributed by atoms with van der Waals surface area (Å²) in [6.07, 6.45) is -0.0549. The third kappa shape index (κ3) is 1.63. The monoisotopic (exact) mass is 296 g/mol. The number of ether oxygens (including phenoxy) is 1. The van der Waals surface area contributed by atoms with Crippen molar-refractivity contribution >= 4 is 39.1 Å². The van der Waals surface area contributed by atoms with E-state index in [1.54, 1.807) is 6.07 Å². The minimum atomic E-state index is -0.596. The molecule has 0 amide bonds. The lowest BCUT2D eigenvalue weighted by atomic mass is 10.0. The zero-order valence-corrected chi connectivity index (χ0v) is 10.2. The van der Waals surface area contributed by atoms with Crippen molar-refractivity contribution < 1.29 is 9.84 Å². The Hall–Kier alpha value is 0.0400. The molecule has 2 rings (SSSR count). The van der Waals surface area contributed by atoms with E-state index >= 15 is 0 Å². The van der Waals surface area contributed by atoms with Crippen molar-refractivity contribution in [2.75, 3.05) is 6.61 Å². The fourth-order valence-corrected chi connectivity index (χ4v) is 2.56. The van der Waals surface area contributed by atoms with Crippen molar-refractivity contribution in [2.24, 2.45) is 0 Å². The predicted molar refractivity (Wildman–Crippen MR) is 59.2 cm³/mol. The van der Waals surface area contributed by atoms with Crippen molar-refractivity contribution in [3.63, 3.8) is 0 Å². The van der Waals surface area contributed by atoms with Crippen LogP contribution < -0.4 is 4.74 Å². The molecule has 0 aliphatic carbocycles. The summed E-state index contributed by atoms with van der Waals surface area (Å²) in [7, 11) is 0. The maximum absolute atomic E-state index is 9.75. The number of benzene rings is 1. The third-order valence-corrected chi connectivity index (χ3v) is 3.67. The van der Waals surface area contributed by atoms with Crippen LogP contribution in [0.2, 0.25) is 10.0 Å². The molecule has 0 bridgehead atoms. The van der Waals surface area contributed by atoms with Crippen molar-refractivity contribution in [1.29, 1.82) is 0 Å². The maximum Gasteiger partial charge on any atom is 0.145 e. The molecule has 2 nitrogen and oxygen atoms in total. The van der Waals surface area contributed by atoms with E-state index in [4.69, 9.17) is 27.9 Å². The van der Waals surface area contributed by atoms with E-state index in [-0.39, 0.29) is 0 Å². The van der Waals surface area contributed by atoms with Gasteiger partial charge >= 0.3 is 0 Å². The zero-order valence-electron chi connectivity index (χ0n) is 7.06. The summed E-state index contributed by atoms with van der Waals surface area (Å²) in [5.74, 6) is 0.499. The predicted octanol–water partition coefficient (Wildman–Crippen LogP) is 3.57. The van der Waals surface area contributed by atoms with Crippen LogP contribution in [-0.2, 0) is 0 Å². The van der Waals surface area contributed by atoms with Gasteiger partial charge in [-0.05, 0) is 22.0 Å². The molecule has 0 spiro atoms. The number of hydrogen-bond donors (Lipinski definition) is 1. The Balaban J connectivity index is 2.67. The van der Waals surface area contributed by atoms with Crippen LogP contribution in [0.1, 0.15) is 18.1 Å². The highest BCUT2D eigenvalue weighted by molar-refractivity contribution is 9.10. The van der Waals surface area contributed by atoms with Gasteiger partial charge in [0.1, 0.15) is 5.75 Å². The maximum atomic E-state index is 9.75. The standard InChI is InChI=1S/C9H7BrCl2O2/c10-4-3-5(11)9-7(8(4)12)6(13)1-2-14-9/h3,6,13H,1-2H2/t6-/m1/s1. The summed E-state index contributed by atoms with van der Waals surface area (Å²) in [4.78, 5) is 0. The van der Waals surface area contributed by atoms with Crippen LogP contribution in [0.15, 0.2) is 10.5 Å². The van der Waals surface area contributed by atoms with Gasteiger partial charge in [0.05, 0.1) is 22.8 Å². The van der Waals surface area contributed by atoms with E-state index < -0.39 is 6.10 Å². The van der Waals surface area contributed by atoms with Crippen LogP contribution in [0.3, 0.4) is 0 Å². The first-order valence-electron chi connectivity index (χ1n) is 4.09. The number of hydrogen-bond acceptors (Lipinski definition) is 2. The topological polar surface area (TPSA) is 29.5 Å². The Morgan fingerprint density at radius 1 is 1.50 bits per heavy atom. The van der Waals surface area contributed by atoms with Crippen molar-refractivity contribution in [3.8, 4) is 5.75 Å². The van der Waals surface area contributed by atoms with Gasteiger partial charge in [-0.2, -0.15) is 0 Å². The van der Waals surface area contributed by atoms with Gasteiger partial charge in [-0.15, -0.1) is 0 Å². The van der Waals surface area contributed by atoms with Gasteiger partial charge < -0.3 is 9.84 Å². The van der Waals surface area contributed by atoms with Gasteiger partial charge in [-0.25, -0.2) is 0 Å². The highest BCUT2D eigenvalue weighted by atomic mass is 79.9. The fraction of sp³-hybridized carbons (Fsp3) is 0.333. The molecule has 1 aromatic rings. The van der Waals surface area contributed by atoms with Crippen LogP contribution in [0, 0.1) is 0 Å². The molecule has 14 heavy (non-hydrogen) atoms. The quantitative estimate of drug-likeness (QED) is 0.742. The molecule has 0 saturated carbocycles. The number of rotatable bonds is 0. The molecule has 1 aromatic carbocycles. The molecule has 0 fully saturated rings. The first-order chi connectivity index (χ1) is 6.61. The van der Waals surface area contributed by atoms with Gasteiger partial charge in [0.25, 0.3) is 0 Å². The Labute approximate surface area is 99.9 Å². The van der Waals surface area contributed by atoms with Crippen LogP contribution in [0.5, 0.6) is 5.75 Å². The molecule has 1 aliphatic rings. The second-order valence-corrected chi connectivity index (χ2v) is 4.69. The molecule has 5 heteroatoms. The summed E-state index contributed by atoms with van der Waals surface area (Å²) >= 11 is 15.3. The van der Waals surface area contributed by atoms with E-state index in [0.717, 1.165) is 0 Å². The summed E-state index contributed by atoms with van der Waals surface area (Å²) < 4.78 is 6.04. The van der Waals surface area contributed by atoms with Crippen LogP contribution in [-0.4, -0.2) is 11.7 Å². The highest BCUT2D eigenvalue weighted by Gasteiger charge is 2.26. The van der Waals surface area contributed by atoms with E-state index in [2.05, 4.69) is 15.9 Å². The van der Waals surface area contributed by atoms with Gasteiger partial charge in [0.15, 0.2) is 0 Å². The van der Waals surface area contributed by atoms with Gasteiger partial charge in [0, 0.05) is 16.5 Å². The molecule has 0 aromatic heterocycles. The number of aliphatic hydroxyl groups excluding tert-OH is 1. The SMILES string of the molecule is O[C@@H]1CCOc2c(Cl)cc(Br)c(Cl)c21. The molecule has 76 valence electrons. The van der Waals surface area contributed by atoms with Gasteiger partial charge in [0.2, 0.25) is 0 Å². The molecule has 1 N–H and O–H groups in total. The number of halogens is 3. The molecular formula is C9H7BrCl2O2. The van der Waals surface area contributed by atoms with E-state index in [1.807, 2.05) is 0 Å². The molecule has 1 atom stereocenters. The summed E-state index contributed by atoms with van der Waals surface area (Å²) in [5.41, 5.74) is 0.581. The highest BCUT2D eigenvalue weighted by Crippen LogP contribution is 2.45. The molecule has 0 unspecified atom stereocenters. The minimum Gasteiger partial charge on any atom is -0.491 e. The Morgan fingerprint density at radius 3 is 2.93 bits per heavy atom. The van der Waals surface area contributed by atoms with Crippen molar-refractivity contribution in [2.45, 2.75) is 12.5 Å². The summed E-state index contributed by atoms with van der Waals surface area (Å²) in [6, 6.07) is 1.67. The Bertz CT molecular complexity index is 382. The molecule has 0 radical (unpaired) electrons. The lowest BCUT2D eigenvalue weighted by Crippen LogP contribution is -2.14. The number of fused-ring (bicyclic) bond motifs is 1. The molecular weight excluding hydrogens is 291 g/mol. The average molecular weight is 298 g/mol. The van der Waals surface area contributed by atoms with E-state index in [9.17, 15) is 5.11 Å². The van der Waals surface area contributed by atoms with E-state index in [1.165, 1.54) is 0 Å². The number of aliphatic hydroxyl groups is 1. The second kappa shape index (κ2) is 3.89. The minimum absolute atomic E-state index is 0.464. The van der Waals surface area contributed by atoms with Crippen molar-refractivity contribution in [3.05, 3.63) is 26.1 Å². The van der Waals surface area contributed by atoms with Crippen LogP contribution >= 0.6 is 39.1 Å². The van der Waals surface area contributed by atoms with Gasteiger partial charge in [-0.1, -0.05) is 23.2 Å². The average Bonchev–Trinajstić information content (AvgIpc) is 2.14. The zero-order chi connectivity index (χ0) is 10.3. The lowest BCUT2D eigenvalue weighted by molar-refractivity contribution is 0.115. The fourth-order valence-electron chi connectivity index (χ4n) is 1.46. The first-order valence-corrected chi connectivity index (χ1v) is 5.64. The van der Waals surface area contributed by atoms with Crippen molar-refractivity contribution in [1.82, 2.24) is 0 Å². The summed E-state index contributed by atoms with van der Waals surface area (Å²) in [5, 5.41) is 10.7. The Morgan fingerprint density at radius 2 is 2.21 bits per heavy atom.